The predicted molar refractivity (Wildman–Crippen MR) is 119 cm³/mol. The molecule has 8 heteroatoms. The van der Waals surface area contributed by atoms with Crippen LogP contribution in [0.15, 0.2) is 52.1 Å². The van der Waals surface area contributed by atoms with Crippen molar-refractivity contribution in [2.45, 2.75) is 13.0 Å². The van der Waals surface area contributed by atoms with Crippen molar-refractivity contribution in [2.24, 2.45) is 4.99 Å². The van der Waals surface area contributed by atoms with Crippen molar-refractivity contribution in [3.8, 4) is 0 Å². The first-order valence-electron chi connectivity index (χ1n) is 9.39. The van der Waals surface area contributed by atoms with Crippen LogP contribution in [0.3, 0.4) is 0 Å². The Bertz CT molecular complexity index is 689. The number of aliphatic imine (C=N–C) groups is 1. The van der Waals surface area contributed by atoms with E-state index in [0.29, 0.717) is 6.54 Å². The van der Waals surface area contributed by atoms with Gasteiger partial charge in [0.15, 0.2) is 5.96 Å². The van der Waals surface area contributed by atoms with Crippen LogP contribution in [0.4, 0.5) is 4.39 Å². The fourth-order valence-electron chi connectivity index (χ4n) is 2.85. The molecule has 0 aliphatic carbocycles. The highest BCUT2D eigenvalue weighted by Gasteiger charge is 2.09. The summed E-state index contributed by atoms with van der Waals surface area (Å²) in [4.78, 5) is 7.00. The number of hydrogen-bond donors (Lipinski definition) is 2. The molecule has 1 aromatic heterocycles. The Balaban J connectivity index is 0.00000280. The second-order valence-electron chi connectivity index (χ2n) is 6.43. The monoisotopic (exact) mass is 502 g/mol. The summed E-state index contributed by atoms with van der Waals surface area (Å²) in [5.74, 6) is 1.45. The maximum atomic E-state index is 13.0. The molecule has 0 unspecified atom stereocenters. The maximum Gasteiger partial charge on any atom is 0.191 e. The largest absolute Gasteiger partial charge is 0.469 e. The van der Waals surface area contributed by atoms with Crippen LogP contribution in [0.5, 0.6) is 0 Å². The molecule has 0 radical (unpaired) electrons. The molecule has 154 valence electrons. The minimum Gasteiger partial charge on any atom is -0.469 e. The second kappa shape index (κ2) is 12.7. The van der Waals surface area contributed by atoms with Gasteiger partial charge in [-0.15, -0.1) is 24.0 Å². The standard InChI is InChI=1S/C20H27FN4O2.HI/c21-18-5-3-17(4-6-18)16-24-20(22-8-7-19-2-1-13-27-19)23-9-10-25-11-14-26-15-12-25;/h1-6,13H,7-12,14-16H2,(H2,22,23,24);1H. The van der Waals surface area contributed by atoms with Crippen LogP contribution in [0.1, 0.15) is 11.3 Å². The summed E-state index contributed by atoms with van der Waals surface area (Å²) in [5, 5.41) is 6.72. The van der Waals surface area contributed by atoms with Crippen molar-refractivity contribution in [1.29, 1.82) is 0 Å². The van der Waals surface area contributed by atoms with E-state index in [0.717, 1.165) is 69.6 Å². The molecule has 2 N–H and O–H groups in total. The average Bonchev–Trinajstić information content (AvgIpc) is 3.21. The van der Waals surface area contributed by atoms with Crippen LogP contribution < -0.4 is 10.6 Å². The number of benzene rings is 1. The molecule has 1 aromatic carbocycles. The number of nitrogens with one attached hydrogen (secondary N) is 2. The lowest BCUT2D eigenvalue weighted by molar-refractivity contribution is 0.0389. The highest BCUT2D eigenvalue weighted by atomic mass is 127. The molecular formula is C20H28FIN4O2. The van der Waals surface area contributed by atoms with Crippen molar-refractivity contribution in [3.63, 3.8) is 0 Å². The Kier molecular flexibility index (Phi) is 10.3. The van der Waals surface area contributed by atoms with Crippen LogP contribution in [0, 0.1) is 5.82 Å². The molecule has 1 saturated heterocycles. The number of hydrogen-bond acceptors (Lipinski definition) is 4. The smallest absolute Gasteiger partial charge is 0.191 e. The summed E-state index contributed by atoms with van der Waals surface area (Å²) in [6, 6.07) is 10.3. The molecule has 0 saturated carbocycles. The molecule has 0 bridgehead atoms. The lowest BCUT2D eigenvalue weighted by Crippen LogP contribution is -2.44. The minimum atomic E-state index is -0.233. The number of guanidine groups is 1. The Hall–Kier alpha value is -1.65. The summed E-state index contributed by atoms with van der Waals surface area (Å²) < 4.78 is 23.8. The number of furan rings is 1. The van der Waals surface area contributed by atoms with Crippen LogP contribution >= 0.6 is 24.0 Å². The van der Waals surface area contributed by atoms with Crippen LogP contribution in [-0.4, -0.2) is 56.8 Å². The summed E-state index contributed by atoms with van der Waals surface area (Å²) in [7, 11) is 0. The molecule has 0 atom stereocenters. The van der Waals surface area contributed by atoms with Crippen LogP contribution in [-0.2, 0) is 17.7 Å². The van der Waals surface area contributed by atoms with E-state index in [1.165, 1.54) is 12.1 Å². The van der Waals surface area contributed by atoms with Gasteiger partial charge in [-0.2, -0.15) is 0 Å². The van der Waals surface area contributed by atoms with E-state index in [2.05, 4.69) is 20.5 Å². The van der Waals surface area contributed by atoms with Gasteiger partial charge in [-0.25, -0.2) is 9.38 Å². The van der Waals surface area contributed by atoms with Crippen LogP contribution in [0.25, 0.3) is 0 Å². The molecule has 1 fully saturated rings. The van der Waals surface area contributed by atoms with Gasteiger partial charge in [-0.05, 0) is 29.8 Å². The Morgan fingerprint density at radius 1 is 1.07 bits per heavy atom. The third-order valence-electron chi connectivity index (χ3n) is 4.40. The van der Waals surface area contributed by atoms with E-state index < -0.39 is 0 Å². The number of morpholine rings is 1. The summed E-state index contributed by atoms with van der Waals surface area (Å²) in [5.41, 5.74) is 0.969. The highest BCUT2D eigenvalue weighted by Crippen LogP contribution is 2.04. The van der Waals surface area contributed by atoms with Gasteiger partial charge in [0.25, 0.3) is 0 Å². The van der Waals surface area contributed by atoms with Gasteiger partial charge in [-0.1, -0.05) is 12.1 Å². The fourth-order valence-corrected chi connectivity index (χ4v) is 2.85. The summed E-state index contributed by atoms with van der Waals surface area (Å²) >= 11 is 0. The minimum absolute atomic E-state index is 0. The third kappa shape index (κ3) is 8.15. The number of rotatable bonds is 8. The Morgan fingerprint density at radius 2 is 1.82 bits per heavy atom. The van der Waals surface area contributed by atoms with Gasteiger partial charge in [-0.3, -0.25) is 4.90 Å². The van der Waals surface area contributed by atoms with Crippen molar-refractivity contribution >= 4 is 29.9 Å². The maximum absolute atomic E-state index is 13.0. The molecule has 2 heterocycles. The van der Waals surface area contributed by atoms with Gasteiger partial charge in [0, 0.05) is 39.1 Å². The van der Waals surface area contributed by atoms with E-state index in [-0.39, 0.29) is 29.8 Å². The number of halogens is 2. The molecule has 3 rings (SSSR count). The predicted octanol–water partition coefficient (Wildman–Crippen LogP) is 2.65. The van der Waals surface area contributed by atoms with E-state index >= 15 is 0 Å². The van der Waals surface area contributed by atoms with Crippen molar-refractivity contribution in [2.75, 3.05) is 45.9 Å². The zero-order valence-corrected chi connectivity index (χ0v) is 18.2. The van der Waals surface area contributed by atoms with Gasteiger partial charge >= 0.3 is 0 Å². The highest BCUT2D eigenvalue weighted by molar-refractivity contribution is 14.0. The van der Waals surface area contributed by atoms with Crippen molar-refractivity contribution < 1.29 is 13.5 Å². The number of ether oxygens (including phenoxy) is 1. The molecule has 0 amide bonds. The molecule has 0 spiro atoms. The van der Waals surface area contributed by atoms with Gasteiger partial charge in [0.05, 0.1) is 26.0 Å². The molecule has 1 aliphatic heterocycles. The summed E-state index contributed by atoms with van der Waals surface area (Å²) in [6.07, 6.45) is 2.47. The van der Waals surface area contributed by atoms with E-state index in [4.69, 9.17) is 9.15 Å². The topological polar surface area (TPSA) is 62.0 Å². The van der Waals surface area contributed by atoms with Crippen LogP contribution in [0.2, 0.25) is 0 Å². The van der Waals surface area contributed by atoms with Gasteiger partial charge in [0.2, 0.25) is 0 Å². The first-order chi connectivity index (χ1) is 13.3. The molecule has 2 aromatic rings. The molecule has 6 nitrogen and oxygen atoms in total. The number of nitrogens with zero attached hydrogens (tertiary/aromatic N) is 2. The average molecular weight is 502 g/mol. The zero-order chi connectivity index (χ0) is 18.7. The quantitative estimate of drug-likeness (QED) is 0.330. The first kappa shape index (κ1) is 22.6. The lowest BCUT2D eigenvalue weighted by atomic mass is 10.2. The molecule has 28 heavy (non-hydrogen) atoms. The molecule has 1 aliphatic rings. The Labute approximate surface area is 182 Å². The van der Waals surface area contributed by atoms with Crippen molar-refractivity contribution in [1.82, 2.24) is 15.5 Å². The van der Waals surface area contributed by atoms with E-state index in [9.17, 15) is 4.39 Å². The summed E-state index contributed by atoms with van der Waals surface area (Å²) in [6.45, 7) is 6.49. The van der Waals surface area contributed by atoms with E-state index in [1.54, 1.807) is 18.4 Å². The van der Waals surface area contributed by atoms with Crippen molar-refractivity contribution in [3.05, 3.63) is 59.8 Å². The van der Waals surface area contributed by atoms with Gasteiger partial charge in [0.1, 0.15) is 11.6 Å². The zero-order valence-electron chi connectivity index (χ0n) is 15.9. The fraction of sp³-hybridized carbons (Fsp3) is 0.450. The lowest BCUT2D eigenvalue weighted by Gasteiger charge is -2.26. The normalized spacial score (nSPS) is 15.1. The third-order valence-corrected chi connectivity index (χ3v) is 4.40. The second-order valence-corrected chi connectivity index (χ2v) is 6.43. The van der Waals surface area contributed by atoms with E-state index in [1.807, 2.05) is 12.1 Å². The molecular weight excluding hydrogens is 474 g/mol. The van der Waals surface area contributed by atoms with Gasteiger partial charge < -0.3 is 19.8 Å². The SMILES string of the molecule is Fc1ccc(CN=C(NCCc2ccco2)NCCN2CCOCC2)cc1.I. The first-order valence-corrected chi connectivity index (χ1v) is 9.39. The Morgan fingerprint density at radius 3 is 2.54 bits per heavy atom.